The van der Waals surface area contributed by atoms with Gasteiger partial charge < -0.3 is 9.84 Å². The van der Waals surface area contributed by atoms with E-state index < -0.39 is 0 Å². The van der Waals surface area contributed by atoms with E-state index in [0.717, 1.165) is 16.8 Å². The minimum absolute atomic E-state index is 0.0473. The predicted octanol–water partition coefficient (Wildman–Crippen LogP) is 2.16. The monoisotopic (exact) mass is 242 g/mol. The second-order valence-corrected chi connectivity index (χ2v) is 3.67. The fourth-order valence-corrected chi connectivity index (χ4v) is 1.54. The smallest absolute Gasteiger partial charge is 0.233 e. The number of hydrogen-bond donors (Lipinski definition) is 1. The number of methoxy groups -OCH3 is 1. The summed E-state index contributed by atoms with van der Waals surface area (Å²) in [6.07, 6.45) is 3.56. The number of aliphatic hydroxyl groups excluding tert-OH is 1. The number of ether oxygens (including phenoxy) is 1. The number of aliphatic hydroxyl groups is 1. The largest absolute Gasteiger partial charge is 0.480 e. The molecule has 0 amide bonds. The van der Waals surface area contributed by atoms with Crippen molar-refractivity contribution in [3.05, 3.63) is 48.0 Å². The first-order valence-corrected chi connectivity index (χ1v) is 5.59. The summed E-state index contributed by atoms with van der Waals surface area (Å²) in [5.41, 5.74) is 2.83. The molecular weight excluding hydrogens is 228 g/mol. The molecule has 0 saturated heterocycles. The third-order valence-electron chi connectivity index (χ3n) is 2.47. The van der Waals surface area contributed by atoms with Gasteiger partial charge in [-0.1, -0.05) is 36.4 Å². The van der Waals surface area contributed by atoms with Crippen LogP contribution in [0.15, 0.2) is 42.5 Å². The molecule has 1 aromatic carbocycles. The number of hydrogen-bond acceptors (Lipinski definition) is 4. The molecule has 0 saturated carbocycles. The SMILES string of the molecule is COc1ccc(-c2ccc(/C=C/CO)cc2)nn1. The van der Waals surface area contributed by atoms with Crippen molar-refractivity contribution in [2.24, 2.45) is 0 Å². The van der Waals surface area contributed by atoms with Gasteiger partial charge in [-0.2, -0.15) is 0 Å². The number of rotatable bonds is 4. The average molecular weight is 242 g/mol. The fraction of sp³-hybridized carbons (Fsp3) is 0.143. The Morgan fingerprint density at radius 1 is 1.11 bits per heavy atom. The van der Waals surface area contributed by atoms with Crippen molar-refractivity contribution in [3.63, 3.8) is 0 Å². The maximum Gasteiger partial charge on any atom is 0.233 e. The van der Waals surface area contributed by atoms with Gasteiger partial charge in [0.05, 0.1) is 19.4 Å². The standard InChI is InChI=1S/C14H14N2O2/c1-18-14-9-8-13(15-16-14)12-6-4-11(5-7-12)3-2-10-17/h2-9,17H,10H2,1H3/b3-2+. The van der Waals surface area contributed by atoms with Crippen LogP contribution in [-0.4, -0.2) is 29.0 Å². The molecule has 0 bridgehead atoms. The Bertz CT molecular complexity index is 518. The molecule has 0 unspecified atom stereocenters. The van der Waals surface area contributed by atoms with Crippen molar-refractivity contribution < 1.29 is 9.84 Å². The Labute approximate surface area is 106 Å². The molecule has 0 aliphatic rings. The van der Waals surface area contributed by atoms with E-state index in [2.05, 4.69) is 10.2 Å². The summed E-state index contributed by atoms with van der Waals surface area (Å²) in [4.78, 5) is 0. The van der Waals surface area contributed by atoms with Crippen LogP contribution in [0.1, 0.15) is 5.56 Å². The van der Waals surface area contributed by atoms with Gasteiger partial charge in [-0.25, -0.2) is 0 Å². The van der Waals surface area contributed by atoms with Crippen LogP contribution >= 0.6 is 0 Å². The molecule has 0 aliphatic carbocycles. The highest BCUT2D eigenvalue weighted by molar-refractivity contribution is 5.62. The summed E-state index contributed by atoms with van der Waals surface area (Å²) in [6, 6.07) is 11.5. The molecule has 4 heteroatoms. The highest BCUT2D eigenvalue weighted by Crippen LogP contribution is 2.18. The van der Waals surface area contributed by atoms with Crippen molar-refractivity contribution in [2.45, 2.75) is 0 Å². The molecule has 0 aliphatic heterocycles. The topological polar surface area (TPSA) is 55.2 Å². The van der Waals surface area contributed by atoms with E-state index in [0.29, 0.717) is 5.88 Å². The Kier molecular flexibility index (Phi) is 4.04. The molecule has 92 valence electrons. The molecule has 4 nitrogen and oxygen atoms in total. The molecule has 1 aromatic heterocycles. The molecule has 2 rings (SSSR count). The molecule has 0 radical (unpaired) electrons. The Morgan fingerprint density at radius 2 is 1.89 bits per heavy atom. The van der Waals surface area contributed by atoms with Crippen LogP contribution in [0, 0.1) is 0 Å². The van der Waals surface area contributed by atoms with Crippen LogP contribution in [0.5, 0.6) is 5.88 Å². The maximum absolute atomic E-state index is 8.69. The third kappa shape index (κ3) is 2.93. The Hall–Kier alpha value is -2.20. The zero-order valence-corrected chi connectivity index (χ0v) is 10.1. The molecule has 0 atom stereocenters. The molecular formula is C14H14N2O2. The van der Waals surface area contributed by atoms with Gasteiger partial charge >= 0.3 is 0 Å². The summed E-state index contributed by atoms with van der Waals surface area (Å²) < 4.78 is 4.96. The maximum atomic E-state index is 8.69. The quantitative estimate of drug-likeness (QED) is 0.892. The van der Waals surface area contributed by atoms with Gasteiger partial charge in [-0.3, -0.25) is 0 Å². The van der Waals surface area contributed by atoms with E-state index >= 15 is 0 Å². The first kappa shape index (κ1) is 12.3. The Balaban J connectivity index is 2.20. The van der Waals surface area contributed by atoms with Crippen molar-refractivity contribution in [1.29, 1.82) is 0 Å². The van der Waals surface area contributed by atoms with Gasteiger partial charge in [0.25, 0.3) is 0 Å². The van der Waals surface area contributed by atoms with Crippen molar-refractivity contribution in [2.75, 3.05) is 13.7 Å². The molecule has 1 heterocycles. The molecule has 0 spiro atoms. The Morgan fingerprint density at radius 3 is 2.44 bits per heavy atom. The zero-order chi connectivity index (χ0) is 12.8. The minimum Gasteiger partial charge on any atom is -0.480 e. The lowest BCUT2D eigenvalue weighted by Crippen LogP contribution is -1.91. The average Bonchev–Trinajstić information content (AvgIpc) is 2.46. The van der Waals surface area contributed by atoms with E-state index in [1.807, 2.05) is 36.4 Å². The first-order chi connectivity index (χ1) is 8.83. The highest BCUT2D eigenvalue weighted by Gasteiger charge is 2.00. The van der Waals surface area contributed by atoms with Gasteiger partial charge in [0.15, 0.2) is 0 Å². The first-order valence-electron chi connectivity index (χ1n) is 5.59. The second-order valence-electron chi connectivity index (χ2n) is 3.67. The lowest BCUT2D eigenvalue weighted by molar-refractivity contribution is 0.343. The molecule has 0 fully saturated rings. The summed E-state index contributed by atoms with van der Waals surface area (Å²) in [6.45, 7) is 0.0473. The number of benzene rings is 1. The summed E-state index contributed by atoms with van der Waals surface area (Å²) in [5, 5.41) is 16.7. The minimum atomic E-state index is 0.0473. The van der Waals surface area contributed by atoms with Crippen LogP contribution < -0.4 is 4.74 Å². The summed E-state index contributed by atoms with van der Waals surface area (Å²) in [7, 11) is 1.56. The lowest BCUT2D eigenvalue weighted by atomic mass is 10.1. The summed E-state index contributed by atoms with van der Waals surface area (Å²) >= 11 is 0. The second kappa shape index (κ2) is 5.93. The van der Waals surface area contributed by atoms with E-state index in [-0.39, 0.29) is 6.61 Å². The summed E-state index contributed by atoms with van der Waals surface area (Å²) in [5.74, 6) is 0.501. The molecule has 2 aromatic rings. The van der Waals surface area contributed by atoms with Gasteiger partial charge in [0, 0.05) is 11.6 Å². The normalized spacial score (nSPS) is 10.8. The molecule has 18 heavy (non-hydrogen) atoms. The van der Waals surface area contributed by atoms with Gasteiger partial charge in [-0.15, -0.1) is 10.2 Å². The fourth-order valence-electron chi connectivity index (χ4n) is 1.54. The van der Waals surface area contributed by atoms with E-state index in [1.165, 1.54) is 0 Å². The molecule has 1 N–H and O–H groups in total. The van der Waals surface area contributed by atoms with Crippen molar-refractivity contribution >= 4 is 6.08 Å². The van der Waals surface area contributed by atoms with Crippen LogP contribution in [0.3, 0.4) is 0 Å². The number of aromatic nitrogens is 2. The predicted molar refractivity (Wildman–Crippen MR) is 70.1 cm³/mol. The van der Waals surface area contributed by atoms with Crippen LogP contribution in [0.25, 0.3) is 17.3 Å². The van der Waals surface area contributed by atoms with E-state index in [9.17, 15) is 0 Å². The van der Waals surface area contributed by atoms with Gasteiger partial charge in [0.2, 0.25) is 5.88 Å². The van der Waals surface area contributed by atoms with Crippen LogP contribution in [0.2, 0.25) is 0 Å². The van der Waals surface area contributed by atoms with Gasteiger partial charge in [0.1, 0.15) is 0 Å². The number of nitrogens with zero attached hydrogens (tertiary/aromatic N) is 2. The van der Waals surface area contributed by atoms with Crippen molar-refractivity contribution in [3.8, 4) is 17.1 Å². The zero-order valence-electron chi connectivity index (χ0n) is 10.1. The van der Waals surface area contributed by atoms with Crippen molar-refractivity contribution in [1.82, 2.24) is 10.2 Å². The van der Waals surface area contributed by atoms with E-state index in [4.69, 9.17) is 9.84 Å². The van der Waals surface area contributed by atoms with Crippen LogP contribution in [-0.2, 0) is 0 Å². The third-order valence-corrected chi connectivity index (χ3v) is 2.47. The highest BCUT2D eigenvalue weighted by atomic mass is 16.5. The lowest BCUT2D eigenvalue weighted by Gasteiger charge is -2.02. The van der Waals surface area contributed by atoms with Crippen LogP contribution in [0.4, 0.5) is 0 Å². The van der Waals surface area contributed by atoms with E-state index in [1.54, 1.807) is 19.3 Å². The van der Waals surface area contributed by atoms with Gasteiger partial charge in [-0.05, 0) is 11.6 Å².